The second-order valence-electron chi connectivity index (χ2n) is 5.75. The fraction of sp³-hybridized carbons (Fsp3) is 0.316. The molecule has 0 bridgehead atoms. The number of rotatable bonds is 9. The lowest BCUT2D eigenvalue weighted by atomic mass is 10.0. The molecule has 0 heterocycles. The van der Waals surface area contributed by atoms with E-state index in [2.05, 4.69) is 5.32 Å². The maximum absolute atomic E-state index is 13.8. The molecule has 146 valence electrons. The van der Waals surface area contributed by atoms with Crippen LogP contribution < -0.4 is 19.5 Å². The van der Waals surface area contributed by atoms with Crippen molar-refractivity contribution < 1.29 is 32.9 Å². The predicted molar refractivity (Wildman–Crippen MR) is 94.4 cm³/mol. The van der Waals surface area contributed by atoms with Crippen LogP contribution in [0.25, 0.3) is 0 Å². The van der Waals surface area contributed by atoms with Crippen molar-refractivity contribution in [1.29, 1.82) is 0 Å². The number of hydrogen-bond acceptors (Lipinski definition) is 5. The highest BCUT2D eigenvalue weighted by molar-refractivity contribution is 5.74. The number of nitrogens with one attached hydrogen (secondary N) is 1. The first-order chi connectivity index (χ1) is 12.9. The van der Waals surface area contributed by atoms with Crippen molar-refractivity contribution in [3.63, 3.8) is 0 Å². The summed E-state index contributed by atoms with van der Waals surface area (Å²) < 4.78 is 42.6. The van der Waals surface area contributed by atoms with Crippen LogP contribution >= 0.6 is 0 Å². The second-order valence-corrected chi connectivity index (χ2v) is 5.75. The Morgan fingerprint density at radius 2 is 1.70 bits per heavy atom. The molecule has 0 amide bonds. The average molecular weight is 381 g/mol. The van der Waals surface area contributed by atoms with E-state index in [1.54, 1.807) is 12.1 Å². The van der Waals surface area contributed by atoms with Crippen molar-refractivity contribution in [1.82, 2.24) is 5.32 Å². The fourth-order valence-electron chi connectivity index (χ4n) is 2.63. The standard InChI is InChI=1S/C19H21F2NO5/c1-25-16-6-11(7-17(26-2)18(16)27-3)10-22-15(19(23)24)8-12-4-5-13(20)9-14(12)21/h4-7,9,15,22H,8,10H2,1-3H3,(H,23,24)/t15-/m0/s1. The lowest BCUT2D eigenvalue weighted by molar-refractivity contribution is -0.139. The van der Waals surface area contributed by atoms with Crippen LogP contribution in [0.3, 0.4) is 0 Å². The minimum atomic E-state index is -1.15. The summed E-state index contributed by atoms with van der Waals surface area (Å²) in [5.74, 6) is -1.35. The molecule has 1 atom stereocenters. The Morgan fingerprint density at radius 1 is 1.07 bits per heavy atom. The topological polar surface area (TPSA) is 77.0 Å². The highest BCUT2D eigenvalue weighted by atomic mass is 19.1. The monoisotopic (exact) mass is 381 g/mol. The Labute approximate surface area is 155 Å². The van der Waals surface area contributed by atoms with Crippen molar-refractivity contribution in [3.8, 4) is 17.2 Å². The predicted octanol–water partition coefficient (Wildman–Crippen LogP) is 2.78. The molecule has 2 aromatic rings. The van der Waals surface area contributed by atoms with Crippen LogP contribution in [0.2, 0.25) is 0 Å². The van der Waals surface area contributed by atoms with Crippen molar-refractivity contribution in [2.24, 2.45) is 0 Å². The Hall–Kier alpha value is -2.87. The lowest BCUT2D eigenvalue weighted by Gasteiger charge is -2.17. The Kier molecular flexibility index (Phi) is 6.95. The van der Waals surface area contributed by atoms with Crippen molar-refractivity contribution in [2.75, 3.05) is 21.3 Å². The maximum Gasteiger partial charge on any atom is 0.321 e. The number of aliphatic carboxylic acids is 1. The van der Waals surface area contributed by atoms with Gasteiger partial charge >= 0.3 is 5.97 Å². The highest BCUT2D eigenvalue weighted by Crippen LogP contribution is 2.38. The molecule has 0 radical (unpaired) electrons. The molecule has 0 saturated carbocycles. The van der Waals surface area contributed by atoms with Gasteiger partial charge in [-0.25, -0.2) is 8.78 Å². The number of hydrogen-bond donors (Lipinski definition) is 2. The van der Waals surface area contributed by atoms with Crippen molar-refractivity contribution in [3.05, 3.63) is 53.1 Å². The Balaban J connectivity index is 2.17. The zero-order valence-electron chi connectivity index (χ0n) is 15.2. The first-order valence-corrected chi connectivity index (χ1v) is 8.08. The molecule has 0 aliphatic rings. The van der Waals surface area contributed by atoms with Crippen LogP contribution in [0.1, 0.15) is 11.1 Å². The molecule has 2 rings (SSSR count). The smallest absolute Gasteiger partial charge is 0.321 e. The molecule has 0 spiro atoms. The number of carboxylic acid groups (broad SMARTS) is 1. The van der Waals surface area contributed by atoms with E-state index in [0.717, 1.165) is 12.1 Å². The fourth-order valence-corrected chi connectivity index (χ4v) is 2.63. The molecular weight excluding hydrogens is 360 g/mol. The van der Waals surface area contributed by atoms with Crippen LogP contribution in [-0.4, -0.2) is 38.4 Å². The molecule has 27 heavy (non-hydrogen) atoms. The zero-order valence-corrected chi connectivity index (χ0v) is 15.2. The molecule has 2 aromatic carbocycles. The Morgan fingerprint density at radius 3 is 2.19 bits per heavy atom. The Bertz CT molecular complexity index is 788. The van der Waals surface area contributed by atoms with Gasteiger partial charge < -0.3 is 24.6 Å². The summed E-state index contributed by atoms with van der Waals surface area (Å²) >= 11 is 0. The number of ether oxygens (including phenoxy) is 3. The van der Waals surface area contributed by atoms with E-state index >= 15 is 0 Å². The van der Waals surface area contributed by atoms with Gasteiger partial charge in [0.2, 0.25) is 5.75 Å². The largest absolute Gasteiger partial charge is 0.493 e. The van der Waals surface area contributed by atoms with Gasteiger partial charge in [-0.05, 0) is 29.3 Å². The molecular formula is C19H21F2NO5. The van der Waals surface area contributed by atoms with E-state index in [4.69, 9.17) is 14.2 Å². The van der Waals surface area contributed by atoms with Gasteiger partial charge in [-0.1, -0.05) is 6.07 Å². The number of halogens is 2. The minimum absolute atomic E-state index is 0.112. The number of carbonyl (C=O) groups is 1. The van der Waals surface area contributed by atoms with Crippen LogP contribution in [0, 0.1) is 11.6 Å². The van der Waals surface area contributed by atoms with Crippen molar-refractivity contribution >= 4 is 5.97 Å². The highest BCUT2D eigenvalue weighted by Gasteiger charge is 2.20. The summed E-state index contributed by atoms with van der Waals surface area (Å²) in [6, 6.07) is 5.37. The normalized spacial score (nSPS) is 11.7. The SMILES string of the molecule is COc1cc(CN[C@@H](Cc2ccc(F)cc2F)C(=O)O)cc(OC)c1OC. The molecule has 6 nitrogen and oxygen atoms in total. The van der Waals surface area contributed by atoms with Crippen LogP contribution in [0.5, 0.6) is 17.2 Å². The number of carboxylic acids is 1. The van der Waals surface area contributed by atoms with Gasteiger partial charge in [-0.2, -0.15) is 0 Å². The molecule has 0 aromatic heterocycles. The lowest BCUT2D eigenvalue weighted by Crippen LogP contribution is -2.38. The number of benzene rings is 2. The summed E-state index contributed by atoms with van der Waals surface area (Å²) in [4.78, 5) is 11.5. The molecule has 0 saturated heterocycles. The maximum atomic E-state index is 13.8. The van der Waals surface area contributed by atoms with Gasteiger partial charge in [0.1, 0.15) is 17.7 Å². The molecule has 0 fully saturated rings. The van der Waals surface area contributed by atoms with E-state index in [1.807, 2.05) is 0 Å². The van der Waals surface area contributed by atoms with Gasteiger partial charge in [0.15, 0.2) is 11.5 Å². The quantitative estimate of drug-likeness (QED) is 0.696. The average Bonchev–Trinajstić information content (AvgIpc) is 2.65. The summed E-state index contributed by atoms with van der Waals surface area (Å²) in [5, 5.41) is 12.3. The van der Waals surface area contributed by atoms with E-state index in [-0.39, 0.29) is 18.5 Å². The van der Waals surface area contributed by atoms with Crippen LogP contribution in [0.4, 0.5) is 8.78 Å². The number of methoxy groups -OCH3 is 3. The van der Waals surface area contributed by atoms with Crippen LogP contribution in [0.15, 0.2) is 30.3 Å². The van der Waals surface area contributed by atoms with E-state index in [1.165, 1.54) is 27.4 Å². The van der Waals surface area contributed by atoms with Gasteiger partial charge in [0, 0.05) is 19.0 Å². The summed E-state index contributed by atoms with van der Waals surface area (Å²) in [6.07, 6.45) is -0.133. The van der Waals surface area contributed by atoms with E-state index < -0.39 is 23.6 Å². The third kappa shape index (κ3) is 5.07. The van der Waals surface area contributed by atoms with Gasteiger partial charge in [-0.15, -0.1) is 0 Å². The molecule has 2 N–H and O–H groups in total. The summed E-state index contributed by atoms with van der Waals surface area (Å²) in [5.41, 5.74) is 0.802. The minimum Gasteiger partial charge on any atom is -0.493 e. The first-order valence-electron chi connectivity index (χ1n) is 8.08. The van der Waals surface area contributed by atoms with Gasteiger partial charge in [0.05, 0.1) is 21.3 Å². The summed E-state index contributed by atoms with van der Waals surface area (Å²) in [7, 11) is 4.44. The van der Waals surface area contributed by atoms with E-state index in [9.17, 15) is 18.7 Å². The molecule has 0 unspecified atom stereocenters. The first kappa shape index (κ1) is 20.4. The molecule has 0 aliphatic heterocycles. The van der Waals surface area contributed by atoms with Gasteiger partial charge in [-0.3, -0.25) is 4.79 Å². The van der Waals surface area contributed by atoms with Gasteiger partial charge in [0.25, 0.3) is 0 Å². The third-order valence-corrected chi connectivity index (χ3v) is 4.01. The van der Waals surface area contributed by atoms with Crippen LogP contribution in [-0.2, 0) is 17.8 Å². The molecule has 8 heteroatoms. The molecule has 0 aliphatic carbocycles. The third-order valence-electron chi connectivity index (χ3n) is 4.01. The second kappa shape index (κ2) is 9.18. The summed E-state index contributed by atoms with van der Waals surface area (Å²) in [6.45, 7) is 0.163. The van der Waals surface area contributed by atoms with E-state index in [0.29, 0.717) is 22.8 Å². The zero-order chi connectivity index (χ0) is 20.0. The van der Waals surface area contributed by atoms with Crippen molar-refractivity contribution in [2.45, 2.75) is 19.0 Å².